The van der Waals surface area contributed by atoms with Crippen molar-refractivity contribution in [3.63, 3.8) is 0 Å². The lowest BCUT2D eigenvalue weighted by molar-refractivity contribution is 0.128. The highest BCUT2D eigenvalue weighted by Crippen LogP contribution is 2.32. The predicted molar refractivity (Wildman–Crippen MR) is 86.3 cm³/mol. The Morgan fingerprint density at radius 2 is 1.95 bits per heavy atom. The molecule has 0 amide bonds. The van der Waals surface area contributed by atoms with Gasteiger partial charge in [0.15, 0.2) is 0 Å². The van der Waals surface area contributed by atoms with Crippen molar-refractivity contribution in [1.29, 1.82) is 0 Å². The molecule has 1 rings (SSSR count). The van der Waals surface area contributed by atoms with E-state index in [1.807, 2.05) is 0 Å². The quantitative estimate of drug-likeness (QED) is 0.555. The molecule has 0 aromatic heterocycles. The Kier molecular flexibility index (Phi) is 7.23. The molecule has 0 unspecified atom stereocenters. The molecule has 0 atom stereocenters. The highest BCUT2D eigenvalue weighted by atomic mass is 35.5. The zero-order valence-corrected chi connectivity index (χ0v) is 14.4. The first-order chi connectivity index (χ1) is 9.75. The molecule has 0 aliphatic heterocycles. The minimum absolute atomic E-state index is 0.0504. The molecule has 1 aromatic rings. The summed E-state index contributed by atoms with van der Waals surface area (Å²) < 4.78 is 32.0. The number of ether oxygens (including phenoxy) is 1. The van der Waals surface area contributed by atoms with Gasteiger partial charge in [-0.25, -0.2) is 13.1 Å². The average Bonchev–Trinajstić information content (AvgIpc) is 2.39. The van der Waals surface area contributed by atoms with E-state index in [-0.39, 0.29) is 27.2 Å². The van der Waals surface area contributed by atoms with Gasteiger partial charge >= 0.3 is 0 Å². The zero-order chi connectivity index (χ0) is 16.0. The first-order valence-corrected chi connectivity index (χ1v) is 8.80. The molecule has 120 valence electrons. The van der Waals surface area contributed by atoms with Crippen LogP contribution in [-0.2, 0) is 14.8 Å². The average molecular weight is 355 g/mol. The SMILES string of the molecule is CC(C)CCOCCNS(=O)(=O)c1ccc(Cl)c(N)c1Cl. The van der Waals surface area contributed by atoms with Gasteiger partial charge in [-0.2, -0.15) is 0 Å². The molecule has 0 saturated carbocycles. The number of halogens is 2. The fraction of sp³-hybridized carbons (Fsp3) is 0.538. The van der Waals surface area contributed by atoms with E-state index in [2.05, 4.69) is 18.6 Å². The Morgan fingerprint density at radius 1 is 1.29 bits per heavy atom. The van der Waals surface area contributed by atoms with E-state index in [1.54, 1.807) is 0 Å². The Labute approximate surface area is 135 Å². The third-order valence-electron chi connectivity index (χ3n) is 2.76. The van der Waals surface area contributed by atoms with Crippen molar-refractivity contribution in [3.8, 4) is 0 Å². The molecular weight excluding hydrogens is 335 g/mol. The lowest BCUT2D eigenvalue weighted by Gasteiger charge is -2.11. The maximum atomic E-state index is 12.1. The molecule has 0 saturated heterocycles. The second kappa shape index (κ2) is 8.19. The van der Waals surface area contributed by atoms with Crippen LogP contribution in [0.5, 0.6) is 0 Å². The lowest BCUT2D eigenvalue weighted by atomic mass is 10.1. The van der Waals surface area contributed by atoms with Crippen molar-refractivity contribution in [2.75, 3.05) is 25.5 Å². The van der Waals surface area contributed by atoms with E-state index in [0.29, 0.717) is 19.1 Å². The molecule has 0 bridgehead atoms. The number of nitrogen functional groups attached to an aromatic ring is 1. The standard InChI is InChI=1S/C13H20Cl2N2O3S/c1-9(2)5-7-20-8-6-17-21(18,19)11-4-3-10(14)13(16)12(11)15/h3-4,9,17H,5-8,16H2,1-2H3. The minimum atomic E-state index is -3.73. The van der Waals surface area contributed by atoms with E-state index >= 15 is 0 Å². The van der Waals surface area contributed by atoms with Crippen molar-refractivity contribution >= 4 is 38.9 Å². The summed E-state index contributed by atoms with van der Waals surface area (Å²) in [4.78, 5) is -0.0896. The van der Waals surface area contributed by atoms with Gasteiger partial charge in [0, 0.05) is 13.2 Å². The van der Waals surface area contributed by atoms with Gasteiger partial charge in [0.1, 0.15) is 4.90 Å². The minimum Gasteiger partial charge on any atom is -0.396 e. The summed E-state index contributed by atoms with van der Waals surface area (Å²) in [5.74, 6) is 0.553. The highest BCUT2D eigenvalue weighted by Gasteiger charge is 2.20. The second-order valence-corrected chi connectivity index (χ2v) is 7.49. The molecule has 5 nitrogen and oxygen atoms in total. The van der Waals surface area contributed by atoms with Crippen molar-refractivity contribution < 1.29 is 13.2 Å². The fourth-order valence-corrected chi connectivity index (χ4v) is 3.28. The second-order valence-electron chi connectivity index (χ2n) is 4.97. The van der Waals surface area contributed by atoms with Gasteiger partial charge in [-0.05, 0) is 24.5 Å². The summed E-state index contributed by atoms with van der Waals surface area (Å²) in [6.07, 6.45) is 0.937. The summed E-state index contributed by atoms with van der Waals surface area (Å²) in [6.45, 7) is 5.26. The summed E-state index contributed by atoms with van der Waals surface area (Å²) in [5.41, 5.74) is 5.67. The van der Waals surface area contributed by atoms with Gasteiger partial charge in [0.2, 0.25) is 10.0 Å². The highest BCUT2D eigenvalue weighted by molar-refractivity contribution is 7.89. The van der Waals surface area contributed by atoms with Crippen LogP contribution in [0.15, 0.2) is 17.0 Å². The van der Waals surface area contributed by atoms with Crippen LogP contribution in [0.4, 0.5) is 5.69 Å². The normalized spacial score (nSPS) is 12.0. The monoisotopic (exact) mass is 354 g/mol. The Bertz CT molecular complexity index is 577. The number of benzene rings is 1. The van der Waals surface area contributed by atoms with Crippen LogP contribution in [0.25, 0.3) is 0 Å². The Morgan fingerprint density at radius 3 is 2.57 bits per heavy atom. The maximum absolute atomic E-state index is 12.1. The molecule has 0 radical (unpaired) electrons. The maximum Gasteiger partial charge on any atom is 0.242 e. The summed E-state index contributed by atoms with van der Waals surface area (Å²) in [6, 6.07) is 2.72. The number of rotatable bonds is 8. The Hall–Kier alpha value is -0.530. The molecular formula is C13H20Cl2N2O3S. The molecule has 0 fully saturated rings. The van der Waals surface area contributed by atoms with E-state index in [4.69, 9.17) is 33.7 Å². The van der Waals surface area contributed by atoms with Crippen LogP contribution in [0, 0.1) is 5.92 Å². The molecule has 0 spiro atoms. The summed E-state index contributed by atoms with van der Waals surface area (Å²) in [5, 5.41) is 0.145. The largest absolute Gasteiger partial charge is 0.396 e. The summed E-state index contributed by atoms with van der Waals surface area (Å²) >= 11 is 11.7. The van der Waals surface area contributed by atoms with Gasteiger partial charge in [-0.1, -0.05) is 37.0 Å². The van der Waals surface area contributed by atoms with Crippen LogP contribution in [0.1, 0.15) is 20.3 Å². The first kappa shape index (κ1) is 18.5. The van der Waals surface area contributed by atoms with Gasteiger partial charge < -0.3 is 10.5 Å². The third-order valence-corrected chi connectivity index (χ3v) is 5.11. The predicted octanol–water partition coefficient (Wildman–Crippen LogP) is 2.92. The number of sulfonamides is 1. The van der Waals surface area contributed by atoms with Crippen LogP contribution < -0.4 is 10.5 Å². The smallest absolute Gasteiger partial charge is 0.242 e. The molecule has 0 heterocycles. The van der Waals surface area contributed by atoms with Crippen molar-refractivity contribution in [2.24, 2.45) is 5.92 Å². The number of anilines is 1. The zero-order valence-electron chi connectivity index (χ0n) is 12.0. The number of hydrogen-bond acceptors (Lipinski definition) is 4. The van der Waals surface area contributed by atoms with Crippen molar-refractivity contribution in [3.05, 3.63) is 22.2 Å². The van der Waals surface area contributed by atoms with E-state index in [1.165, 1.54) is 12.1 Å². The van der Waals surface area contributed by atoms with Gasteiger partial charge in [0.25, 0.3) is 0 Å². The van der Waals surface area contributed by atoms with Crippen LogP contribution >= 0.6 is 23.2 Å². The topological polar surface area (TPSA) is 81.4 Å². The van der Waals surface area contributed by atoms with E-state index in [0.717, 1.165) is 6.42 Å². The van der Waals surface area contributed by atoms with Crippen LogP contribution in [0.2, 0.25) is 10.0 Å². The molecule has 3 N–H and O–H groups in total. The van der Waals surface area contributed by atoms with Gasteiger partial charge in [0.05, 0.1) is 22.3 Å². The van der Waals surface area contributed by atoms with Crippen molar-refractivity contribution in [2.45, 2.75) is 25.2 Å². The lowest BCUT2D eigenvalue weighted by Crippen LogP contribution is -2.28. The first-order valence-electron chi connectivity index (χ1n) is 6.56. The molecule has 21 heavy (non-hydrogen) atoms. The number of hydrogen-bond donors (Lipinski definition) is 2. The van der Waals surface area contributed by atoms with Crippen LogP contribution in [0.3, 0.4) is 0 Å². The van der Waals surface area contributed by atoms with Gasteiger partial charge in [-0.15, -0.1) is 0 Å². The molecule has 0 aliphatic carbocycles. The van der Waals surface area contributed by atoms with Crippen LogP contribution in [-0.4, -0.2) is 28.2 Å². The molecule has 1 aromatic carbocycles. The number of nitrogens with two attached hydrogens (primary N) is 1. The molecule has 0 aliphatic rings. The van der Waals surface area contributed by atoms with E-state index in [9.17, 15) is 8.42 Å². The van der Waals surface area contributed by atoms with Crippen molar-refractivity contribution in [1.82, 2.24) is 4.72 Å². The fourth-order valence-electron chi connectivity index (χ4n) is 1.50. The Balaban J connectivity index is 2.57. The summed E-state index contributed by atoms with van der Waals surface area (Å²) in [7, 11) is -3.73. The van der Waals surface area contributed by atoms with E-state index < -0.39 is 10.0 Å². The third kappa shape index (κ3) is 5.64. The van der Waals surface area contributed by atoms with Gasteiger partial charge in [-0.3, -0.25) is 0 Å². The number of nitrogens with one attached hydrogen (secondary N) is 1. The molecule has 8 heteroatoms.